The first-order valence-electron chi connectivity index (χ1n) is 11.5. The van der Waals surface area contributed by atoms with E-state index >= 15 is 4.39 Å². The van der Waals surface area contributed by atoms with E-state index in [0.29, 0.717) is 30.7 Å². The second-order valence-electron chi connectivity index (χ2n) is 9.59. The van der Waals surface area contributed by atoms with Crippen molar-refractivity contribution in [1.82, 2.24) is 24.4 Å². The van der Waals surface area contributed by atoms with Gasteiger partial charge in [-0.3, -0.25) is 4.90 Å². The summed E-state index contributed by atoms with van der Waals surface area (Å²) in [6.07, 6.45) is 5.11. The number of halogens is 4. The molecule has 3 aliphatic rings. The van der Waals surface area contributed by atoms with Gasteiger partial charge >= 0.3 is 6.01 Å². The molecule has 2 aromatic heterocycles. The molecule has 0 aliphatic carbocycles. The maximum absolute atomic E-state index is 15.3. The van der Waals surface area contributed by atoms with Gasteiger partial charge < -0.3 is 14.2 Å². The molecule has 7 nitrogen and oxygen atoms in total. The molecule has 180 valence electrons. The van der Waals surface area contributed by atoms with Gasteiger partial charge in [-0.25, -0.2) is 13.8 Å². The van der Waals surface area contributed by atoms with Crippen LogP contribution in [0.15, 0.2) is 23.1 Å². The van der Waals surface area contributed by atoms with E-state index in [1.165, 1.54) is 0 Å². The highest BCUT2D eigenvalue weighted by molar-refractivity contribution is 9.10. The Balaban J connectivity index is 1.41. The number of hydrogen-bond donors (Lipinski definition) is 0. The Morgan fingerprint density at radius 2 is 2.18 bits per heavy atom. The fourth-order valence-electron chi connectivity index (χ4n) is 5.71. The summed E-state index contributed by atoms with van der Waals surface area (Å²) in [6, 6.07) is 1.85. The van der Waals surface area contributed by atoms with Crippen LogP contribution in [-0.2, 0) is 13.1 Å². The van der Waals surface area contributed by atoms with Gasteiger partial charge in [0, 0.05) is 37.1 Å². The number of alkyl halides is 1. The molecular weight excluding hydrogens is 530 g/mol. The maximum atomic E-state index is 15.3. The number of anilines is 1. The first kappa shape index (κ1) is 22.4. The summed E-state index contributed by atoms with van der Waals surface area (Å²) < 4.78 is 37.9. The average Bonchev–Trinajstić information content (AvgIpc) is 3.49. The van der Waals surface area contributed by atoms with Crippen molar-refractivity contribution in [3.05, 3.63) is 39.6 Å². The van der Waals surface area contributed by atoms with E-state index in [0.717, 1.165) is 31.6 Å². The molecule has 0 radical (unpaired) electrons. The maximum Gasteiger partial charge on any atom is 0.319 e. The number of ether oxygens (including phenoxy) is 1. The SMILES string of the molecule is C[C@@H]1Cn2cncc2CN1c1nc(OC[C@@]23CCCN2C[C@H](F)C3)nc2c(F)c(Br)c(Cl)cc12. The molecule has 11 heteroatoms. The third-order valence-corrected chi connectivity index (χ3v) is 8.71. The topological polar surface area (TPSA) is 59.3 Å². The normalized spacial score (nSPS) is 26.8. The minimum atomic E-state index is -0.855. The third kappa shape index (κ3) is 3.56. The zero-order valence-corrected chi connectivity index (χ0v) is 21.0. The molecule has 0 N–H and O–H groups in total. The van der Waals surface area contributed by atoms with Crippen molar-refractivity contribution in [1.29, 1.82) is 0 Å². The Kier molecular flexibility index (Phi) is 5.46. The van der Waals surface area contributed by atoms with Crippen LogP contribution in [0.25, 0.3) is 10.9 Å². The van der Waals surface area contributed by atoms with Gasteiger partial charge in [0.15, 0.2) is 5.82 Å². The van der Waals surface area contributed by atoms with Crippen molar-refractivity contribution in [2.24, 2.45) is 0 Å². The molecule has 0 amide bonds. The molecule has 3 atom stereocenters. The third-order valence-electron chi connectivity index (χ3n) is 7.41. The van der Waals surface area contributed by atoms with E-state index in [-0.39, 0.29) is 39.2 Å². The second-order valence-corrected chi connectivity index (χ2v) is 10.8. The van der Waals surface area contributed by atoms with Crippen LogP contribution in [0.2, 0.25) is 5.02 Å². The molecule has 3 aromatic rings. The molecule has 1 aromatic carbocycles. The molecule has 3 aliphatic heterocycles. The van der Waals surface area contributed by atoms with Gasteiger partial charge in [0.25, 0.3) is 0 Å². The lowest BCUT2D eigenvalue weighted by molar-refractivity contribution is 0.107. The zero-order valence-electron chi connectivity index (χ0n) is 18.6. The van der Waals surface area contributed by atoms with E-state index in [4.69, 9.17) is 21.3 Å². The lowest BCUT2D eigenvalue weighted by Crippen LogP contribution is -2.44. The summed E-state index contributed by atoms with van der Waals surface area (Å²) in [5.74, 6) is -0.000123. The second kappa shape index (κ2) is 8.27. The van der Waals surface area contributed by atoms with Gasteiger partial charge in [-0.05, 0) is 48.3 Å². The monoisotopic (exact) mass is 552 g/mol. The summed E-state index contributed by atoms with van der Waals surface area (Å²) in [5.41, 5.74) is 0.830. The number of fused-ring (bicyclic) bond motifs is 3. The van der Waals surface area contributed by atoms with Crippen LogP contribution in [0.3, 0.4) is 0 Å². The first-order chi connectivity index (χ1) is 16.3. The highest BCUT2D eigenvalue weighted by atomic mass is 79.9. The van der Waals surface area contributed by atoms with E-state index in [1.54, 1.807) is 6.07 Å². The van der Waals surface area contributed by atoms with Crippen LogP contribution >= 0.6 is 27.5 Å². The van der Waals surface area contributed by atoms with E-state index in [1.807, 2.05) is 12.5 Å². The van der Waals surface area contributed by atoms with Gasteiger partial charge in [-0.2, -0.15) is 9.97 Å². The Labute approximate surface area is 209 Å². The van der Waals surface area contributed by atoms with E-state index < -0.39 is 12.0 Å². The molecule has 2 fully saturated rings. The van der Waals surface area contributed by atoms with Crippen molar-refractivity contribution in [3.8, 4) is 6.01 Å². The number of imidazole rings is 1. The number of nitrogens with zero attached hydrogens (tertiary/aromatic N) is 6. The van der Waals surface area contributed by atoms with Crippen LogP contribution in [0.4, 0.5) is 14.6 Å². The van der Waals surface area contributed by atoms with Crippen molar-refractivity contribution in [3.63, 3.8) is 0 Å². The van der Waals surface area contributed by atoms with Gasteiger partial charge in [0.2, 0.25) is 0 Å². The predicted molar refractivity (Wildman–Crippen MR) is 129 cm³/mol. The number of aromatic nitrogens is 4. The smallest absolute Gasteiger partial charge is 0.319 e. The van der Waals surface area contributed by atoms with Crippen molar-refractivity contribution in [2.45, 2.75) is 57.0 Å². The summed E-state index contributed by atoms with van der Waals surface area (Å²) in [7, 11) is 0. The summed E-state index contributed by atoms with van der Waals surface area (Å²) >= 11 is 9.54. The number of rotatable bonds is 4. The van der Waals surface area contributed by atoms with Gasteiger partial charge in [-0.15, -0.1) is 0 Å². The molecule has 0 spiro atoms. The van der Waals surface area contributed by atoms with Gasteiger partial charge in [0.1, 0.15) is 24.1 Å². The number of benzene rings is 1. The fourth-order valence-corrected chi connectivity index (χ4v) is 6.20. The Hall–Kier alpha value is -2.04. The number of hydrogen-bond acceptors (Lipinski definition) is 6. The lowest BCUT2D eigenvalue weighted by Gasteiger charge is -2.36. The molecular formula is C23H24BrClF2N6O. The van der Waals surface area contributed by atoms with Crippen molar-refractivity contribution < 1.29 is 13.5 Å². The molecule has 0 bridgehead atoms. The molecule has 5 heterocycles. The summed E-state index contributed by atoms with van der Waals surface area (Å²) in [4.78, 5) is 17.7. The first-order valence-corrected chi connectivity index (χ1v) is 12.6. The van der Waals surface area contributed by atoms with E-state index in [2.05, 4.69) is 47.2 Å². The molecule has 34 heavy (non-hydrogen) atoms. The Bertz CT molecular complexity index is 1270. The van der Waals surface area contributed by atoms with Crippen molar-refractivity contribution >= 4 is 44.3 Å². The van der Waals surface area contributed by atoms with Crippen molar-refractivity contribution in [2.75, 3.05) is 24.6 Å². The lowest BCUT2D eigenvalue weighted by atomic mass is 9.95. The quantitative estimate of drug-likeness (QED) is 0.435. The zero-order chi connectivity index (χ0) is 23.6. The van der Waals surface area contributed by atoms with Gasteiger partial charge in [0.05, 0.1) is 33.6 Å². The standard InChI is InChI=1S/C23H24BrClF2N6O/c1-13-8-31-12-28-7-15(31)10-33(13)21-16-5-17(25)18(24)19(27)20(16)29-22(30-21)34-11-23-3-2-4-32(23)9-14(26)6-23/h5,7,12-14H,2-4,6,8-11H2,1H3/t13-,14-,23+/m1/s1. The minimum absolute atomic E-state index is 0.0733. The highest BCUT2D eigenvalue weighted by Crippen LogP contribution is 2.41. The molecule has 0 unspecified atom stereocenters. The minimum Gasteiger partial charge on any atom is -0.461 e. The average molecular weight is 554 g/mol. The largest absolute Gasteiger partial charge is 0.461 e. The van der Waals surface area contributed by atoms with Crippen LogP contribution in [0.1, 0.15) is 31.9 Å². The highest BCUT2D eigenvalue weighted by Gasteiger charge is 2.49. The molecule has 2 saturated heterocycles. The predicted octanol–water partition coefficient (Wildman–Crippen LogP) is 4.75. The van der Waals surface area contributed by atoms with Crippen LogP contribution in [0, 0.1) is 5.82 Å². The Morgan fingerprint density at radius 1 is 1.32 bits per heavy atom. The van der Waals surface area contributed by atoms with Crippen LogP contribution in [-0.4, -0.2) is 61.9 Å². The Morgan fingerprint density at radius 3 is 3.03 bits per heavy atom. The summed E-state index contributed by atoms with van der Waals surface area (Å²) in [6.45, 7) is 4.95. The molecule has 0 saturated carbocycles. The van der Waals surface area contributed by atoms with E-state index in [9.17, 15) is 4.39 Å². The fraction of sp³-hybridized carbons (Fsp3) is 0.522. The summed E-state index contributed by atoms with van der Waals surface area (Å²) in [5, 5.41) is 0.766. The van der Waals surface area contributed by atoms with Crippen LogP contribution < -0.4 is 9.64 Å². The molecule has 6 rings (SSSR count). The van der Waals surface area contributed by atoms with Gasteiger partial charge in [-0.1, -0.05) is 11.6 Å². The van der Waals surface area contributed by atoms with Crippen LogP contribution in [0.5, 0.6) is 6.01 Å².